The summed E-state index contributed by atoms with van der Waals surface area (Å²) in [7, 11) is 2.97. The normalized spacial score (nSPS) is 12.8. The molecule has 152 valence electrons. The number of amides is 2. The summed E-state index contributed by atoms with van der Waals surface area (Å²) in [6.07, 6.45) is 0. The van der Waals surface area contributed by atoms with Crippen LogP contribution in [-0.4, -0.2) is 37.7 Å². The Labute approximate surface area is 172 Å². The van der Waals surface area contributed by atoms with Gasteiger partial charge < -0.3 is 25.2 Å². The lowest BCUT2D eigenvalue weighted by atomic mass is 10.0. The molecule has 0 spiro atoms. The zero-order chi connectivity index (χ0) is 21.0. The van der Waals surface area contributed by atoms with Crippen molar-refractivity contribution in [1.29, 1.82) is 0 Å². The van der Waals surface area contributed by atoms with Crippen molar-refractivity contribution in [2.75, 3.05) is 26.1 Å². The number of ether oxygens (including phenoxy) is 2. The second-order valence-electron chi connectivity index (χ2n) is 6.63. The van der Waals surface area contributed by atoms with Gasteiger partial charge in [0.25, 0.3) is 0 Å². The molecule has 1 unspecified atom stereocenters. The van der Waals surface area contributed by atoms with Gasteiger partial charge in [-0.25, -0.2) is 0 Å². The molecule has 0 saturated heterocycles. The van der Waals surface area contributed by atoms with Crippen LogP contribution < -0.4 is 20.1 Å². The van der Waals surface area contributed by atoms with E-state index in [0.717, 1.165) is 10.1 Å². The van der Waals surface area contributed by atoms with Crippen LogP contribution in [0.1, 0.15) is 11.8 Å². The second-order valence-corrected chi connectivity index (χ2v) is 7.71. The first-order valence-electron chi connectivity index (χ1n) is 8.86. The quantitative estimate of drug-likeness (QED) is 0.539. The molecule has 8 heteroatoms. The summed E-state index contributed by atoms with van der Waals surface area (Å²) in [6, 6.07) is 14.5. The average molecular weight is 414 g/mol. The van der Waals surface area contributed by atoms with E-state index in [-0.39, 0.29) is 6.54 Å². The molecule has 3 rings (SSSR count). The molecule has 3 aromatic rings. The summed E-state index contributed by atoms with van der Waals surface area (Å²) in [6.45, 7) is 1.49. The summed E-state index contributed by atoms with van der Waals surface area (Å²) in [4.78, 5) is 25.2. The third-order valence-corrected chi connectivity index (χ3v) is 5.78. The lowest BCUT2D eigenvalue weighted by Gasteiger charge is -2.22. The van der Waals surface area contributed by atoms with Gasteiger partial charge in [0, 0.05) is 15.6 Å². The first kappa shape index (κ1) is 20.6. The van der Waals surface area contributed by atoms with Gasteiger partial charge >= 0.3 is 11.8 Å². The third-order valence-electron chi connectivity index (χ3n) is 4.41. The zero-order valence-electron chi connectivity index (χ0n) is 16.3. The Bertz CT molecular complexity index is 1010. The minimum Gasteiger partial charge on any atom is -0.497 e. The van der Waals surface area contributed by atoms with E-state index in [0.29, 0.717) is 22.1 Å². The molecule has 1 atom stereocenters. The number of benzene rings is 2. The molecular formula is C21H22N2O5S. The maximum Gasteiger partial charge on any atom is 0.313 e. The summed E-state index contributed by atoms with van der Waals surface area (Å²) in [5.74, 6) is -0.795. The number of aliphatic hydroxyl groups is 1. The van der Waals surface area contributed by atoms with Crippen molar-refractivity contribution in [3.8, 4) is 11.5 Å². The molecule has 1 aromatic heterocycles. The molecule has 0 bridgehead atoms. The van der Waals surface area contributed by atoms with E-state index < -0.39 is 17.4 Å². The number of carbonyl (C=O) groups excluding carboxylic acids is 2. The maximum absolute atomic E-state index is 12.2. The molecule has 0 aliphatic rings. The van der Waals surface area contributed by atoms with Crippen LogP contribution in [0, 0.1) is 0 Å². The fourth-order valence-corrected chi connectivity index (χ4v) is 3.85. The number of fused-ring (bicyclic) bond motifs is 1. The molecule has 3 N–H and O–H groups in total. The van der Waals surface area contributed by atoms with Crippen molar-refractivity contribution in [2.24, 2.45) is 0 Å². The summed E-state index contributed by atoms with van der Waals surface area (Å²) < 4.78 is 11.3. The number of hydrogen-bond acceptors (Lipinski definition) is 6. The molecular weight excluding hydrogens is 392 g/mol. The van der Waals surface area contributed by atoms with Crippen LogP contribution in [0.2, 0.25) is 0 Å². The SMILES string of the molecule is COc1ccc(NC(=O)C(=O)NCC(C)(O)c2cc3ccccc3s2)c(OC)c1. The van der Waals surface area contributed by atoms with Gasteiger partial charge in [-0.15, -0.1) is 11.3 Å². The van der Waals surface area contributed by atoms with Gasteiger partial charge in [-0.05, 0) is 36.6 Å². The summed E-state index contributed by atoms with van der Waals surface area (Å²) in [5, 5.41) is 16.8. The summed E-state index contributed by atoms with van der Waals surface area (Å²) >= 11 is 1.45. The molecule has 29 heavy (non-hydrogen) atoms. The fraction of sp³-hybridized carbons (Fsp3) is 0.238. The standard InChI is InChI=1S/C21H22N2O5S/c1-21(26,18-10-13-6-4-5-7-17(13)29-18)12-22-19(24)20(25)23-15-9-8-14(27-2)11-16(15)28-3/h4-11,26H,12H2,1-3H3,(H,22,24)(H,23,25). The molecule has 7 nitrogen and oxygen atoms in total. The minimum absolute atomic E-state index is 0.105. The fourth-order valence-electron chi connectivity index (χ4n) is 2.75. The Morgan fingerprint density at radius 3 is 2.52 bits per heavy atom. The van der Waals surface area contributed by atoms with Gasteiger partial charge in [0.2, 0.25) is 0 Å². The van der Waals surface area contributed by atoms with Crippen molar-refractivity contribution in [1.82, 2.24) is 5.32 Å². The van der Waals surface area contributed by atoms with Crippen LogP contribution in [-0.2, 0) is 15.2 Å². The van der Waals surface area contributed by atoms with E-state index in [4.69, 9.17) is 9.47 Å². The number of thiophene rings is 1. The second kappa shape index (κ2) is 8.50. The van der Waals surface area contributed by atoms with Crippen LogP contribution in [0.4, 0.5) is 5.69 Å². The Morgan fingerprint density at radius 2 is 1.83 bits per heavy atom. The Kier molecular flexibility index (Phi) is 6.05. The monoisotopic (exact) mass is 414 g/mol. The Balaban J connectivity index is 1.64. The third kappa shape index (κ3) is 4.67. The Hall–Kier alpha value is -3.10. The number of methoxy groups -OCH3 is 2. The van der Waals surface area contributed by atoms with E-state index in [1.807, 2.05) is 30.3 Å². The van der Waals surface area contributed by atoms with Crippen LogP contribution >= 0.6 is 11.3 Å². The average Bonchev–Trinajstić information content (AvgIpc) is 3.17. The summed E-state index contributed by atoms with van der Waals surface area (Å²) in [5.41, 5.74) is -0.970. The van der Waals surface area contributed by atoms with E-state index in [2.05, 4.69) is 10.6 Å². The molecule has 0 fully saturated rings. The van der Waals surface area contributed by atoms with E-state index in [9.17, 15) is 14.7 Å². The van der Waals surface area contributed by atoms with Crippen LogP contribution in [0.25, 0.3) is 10.1 Å². The number of anilines is 1. The number of rotatable bonds is 6. The molecule has 2 amide bonds. The molecule has 0 saturated carbocycles. The molecule has 2 aromatic carbocycles. The smallest absolute Gasteiger partial charge is 0.313 e. The number of carbonyl (C=O) groups is 2. The molecule has 0 radical (unpaired) electrons. The van der Waals surface area contributed by atoms with Crippen molar-refractivity contribution in [2.45, 2.75) is 12.5 Å². The van der Waals surface area contributed by atoms with Gasteiger partial charge in [0.05, 0.1) is 26.5 Å². The van der Waals surface area contributed by atoms with Crippen molar-refractivity contribution in [3.05, 3.63) is 53.4 Å². The maximum atomic E-state index is 12.2. The van der Waals surface area contributed by atoms with Gasteiger partial charge in [-0.3, -0.25) is 9.59 Å². The zero-order valence-corrected chi connectivity index (χ0v) is 17.1. The predicted molar refractivity (Wildman–Crippen MR) is 113 cm³/mol. The molecule has 0 aliphatic carbocycles. The highest BCUT2D eigenvalue weighted by molar-refractivity contribution is 7.19. The van der Waals surface area contributed by atoms with Crippen molar-refractivity contribution < 1.29 is 24.2 Å². The van der Waals surface area contributed by atoms with E-state index >= 15 is 0 Å². The lowest BCUT2D eigenvalue weighted by Crippen LogP contribution is -2.43. The molecule has 1 heterocycles. The van der Waals surface area contributed by atoms with Gasteiger partial charge in [0.1, 0.15) is 17.1 Å². The minimum atomic E-state index is -1.31. The topological polar surface area (TPSA) is 96.9 Å². The van der Waals surface area contributed by atoms with Crippen molar-refractivity contribution in [3.63, 3.8) is 0 Å². The highest BCUT2D eigenvalue weighted by Gasteiger charge is 2.27. The largest absolute Gasteiger partial charge is 0.497 e. The number of hydrogen-bond donors (Lipinski definition) is 3. The first-order chi connectivity index (χ1) is 13.8. The molecule has 0 aliphatic heterocycles. The predicted octanol–water partition coefficient (Wildman–Crippen LogP) is 2.88. The lowest BCUT2D eigenvalue weighted by molar-refractivity contribution is -0.136. The Morgan fingerprint density at radius 1 is 1.07 bits per heavy atom. The highest BCUT2D eigenvalue weighted by Crippen LogP contribution is 2.33. The van der Waals surface area contributed by atoms with Crippen LogP contribution in [0.3, 0.4) is 0 Å². The van der Waals surface area contributed by atoms with Crippen LogP contribution in [0.15, 0.2) is 48.5 Å². The van der Waals surface area contributed by atoms with Gasteiger partial charge in [0.15, 0.2) is 0 Å². The van der Waals surface area contributed by atoms with Gasteiger partial charge in [-0.1, -0.05) is 18.2 Å². The first-order valence-corrected chi connectivity index (χ1v) is 9.68. The van der Waals surface area contributed by atoms with Crippen molar-refractivity contribution >= 4 is 38.9 Å². The highest BCUT2D eigenvalue weighted by atomic mass is 32.1. The van der Waals surface area contributed by atoms with E-state index in [1.165, 1.54) is 25.6 Å². The van der Waals surface area contributed by atoms with E-state index in [1.54, 1.807) is 25.1 Å². The van der Waals surface area contributed by atoms with Gasteiger partial charge in [-0.2, -0.15) is 0 Å². The van der Waals surface area contributed by atoms with Crippen LogP contribution in [0.5, 0.6) is 11.5 Å². The number of nitrogens with one attached hydrogen (secondary N) is 2.